The van der Waals surface area contributed by atoms with Gasteiger partial charge in [0.25, 0.3) is 0 Å². The lowest BCUT2D eigenvalue weighted by Crippen LogP contribution is -2.29. The molecule has 1 N–H and O–H groups in total. The van der Waals surface area contributed by atoms with Crippen molar-refractivity contribution in [2.24, 2.45) is 0 Å². The summed E-state index contributed by atoms with van der Waals surface area (Å²) in [6.07, 6.45) is 3.68. The Labute approximate surface area is 162 Å². The van der Waals surface area contributed by atoms with E-state index in [0.717, 1.165) is 22.5 Å². The summed E-state index contributed by atoms with van der Waals surface area (Å²) >= 11 is 7.28. The van der Waals surface area contributed by atoms with Gasteiger partial charge in [-0.3, -0.25) is 9.55 Å². The summed E-state index contributed by atoms with van der Waals surface area (Å²) in [6, 6.07) is 8.44. The van der Waals surface area contributed by atoms with E-state index in [0.29, 0.717) is 0 Å². The minimum absolute atomic E-state index is 0.0360. The molecule has 5 nitrogen and oxygen atoms in total. The Morgan fingerprint density at radius 3 is 2.73 bits per heavy atom. The van der Waals surface area contributed by atoms with Gasteiger partial charge in [0.05, 0.1) is 17.8 Å². The Bertz CT molecular complexity index is 917. The molecule has 4 heterocycles. The van der Waals surface area contributed by atoms with E-state index in [2.05, 4.69) is 57.7 Å². The number of hydrogen-bond donors (Lipinski definition) is 1. The van der Waals surface area contributed by atoms with Gasteiger partial charge in [-0.05, 0) is 56.8 Å². The van der Waals surface area contributed by atoms with Gasteiger partial charge in [0, 0.05) is 35.7 Å². The molecule has 1 fully saturated rings. The van der Waals surface area contributed by atoms with Gasteiger partial charge in [-0.1, -0.05) is 6.07 Å². The van der Waals surface area contributed by atoms with Crippen molar-refractivity contribution in [3.05, 3.63) is 64.7 Å². The van der Waals surface area contributed by atoms with Crippen LogP contribution in [0.15, 0.2) is 42.0 Å². The normalized spacial score (nSPS) is 19.8. The topological polar surface area (TPSA) is 46.0 Å². The Kier molecular flexibility index (Phi) is 4.50. The molecule has 0 spiro atoms. The highest BCUT2D eigenvalue weighted by Gasteiger charge is 2.40. The molecule has 0 aliphatic carbocycles. The standard InChI is InChI=1S/C19H21N5S2/c1-4-23-17(16(22-18(23)25)15-7-5-6-8-20-15)14-11-12(2)24(13(14)3)19-21-9-10-26-19/h5-11,16-17H,4H2,1-3H3,(H,22,25). The fourth-order valence-electron chi connectivity index (χ4n) is 3.79. The first-order valence-corrected chi connectivity index (χ1v) is 9.97. The fraction of sp³-hybridized carbons (Fsp3) is 0.316. The van der Waals surface area contributed by atoms with Gasteiger partial charge in [0.15, 0.2) is 10.2 Å². The molecule has 0 saturated carbocycles. The summed E-state index contributed by atoms with van der Waals surface area (Å²) in [5.41, 5.74) is 4.66. The minimum Gasteiger partial charge on any atom is -0.352 e. The summed E-state index contributed by atoms with van der Waals surface area (Å²) < 4.78 is 2.23. The summed E-state index contributed by atoms with van der Waals surface area (Å²) in [7, 11) is 0. The van der Waals surface area contributed by atoms with E-state index in [4.69, 9.17) is 12.2 Å². The van der Waals surface area contributed by atoms with Crippen LogP contribution in [0.2, 0.25) is 0 Å². The van der Waals surface area contributed by atoms with Crippen molar-refractivity contribution in [3.8, 4) is 5.13 Å². The van der Waals surface area contributed by atoms with Crippen molar-refractivity contribution in [3.63, 3.8) is 0 Å². The van der Waals surface area contributed by atoms with E-state index in [-0.39, 0.29) is 12.1 Å². The monoisotopic (exact) mass is 383 g/mol. The molecule has 2 atom stereocenters. The number of thiocarbonyl (C=S) groups is 1. The van der Waals surface area contributed by atoms with Gasteiger partial charge >= 0.3 is 0 Å². The minimum atomic E-state index is 0.0360. The first kappa shape index (κ1) is 17.2. The van der Waals surface area contributed by atoms with Gasteiger partial charge in [-0.2, -0.15) is 0 Å². The van der Waals surface area contributed by atoms with Gasteiger partial charge < -0.3 is 10.2 Å². The Morgan fingerprint density at radius 1 is 1.23 bits per heavy atom. The highest BCUT2D eigenvalue weighted by atomic mass is 32.1. The smallest absolute Gasteiger partial charge is 0.193 e. The zero-order chi connectivity index (χ0) is 18.3. The van der Waals surface area contributed by atoms with Crippen LogP contribution in [0.3, 0.4) is 0 Å². The number of aryl methyl sites for hydroxylation is 1. The SMILES string of the molecule is CCN1C(=S)NC(c2ccccn2)C1c1cc(C)n(-c2nccs2)c1C. The van der Waals surface area contributed by atoms with Crippen molar-refractivity contribution < 1.29 is 0 Å². The van der Waals surface area contributed by atoms with Gasteiger partial charge in [0.2, 0.25) is 0 Å². The number of thiazole rings is 1. The number of hydrogen-bond acceptors (Lipinski definition) is 4. The van der Waals surface area contributed by atoms with E-state index >= 15 is 0 Å². The Morgan fingerprint density at radius 2 is 2.08 bits per heavy atom. The number of aromatic nitrogens is 3. The average Bonchev–Trinajstić information content (AvgIpc) is 3.34. The predicted molar refractivity (Wildman–Crippen MR) is 109 cm³/mol. The molecule has 3 aromatic heterocycles. The second-order valence-electron chi connectivity index (χ2n) is 6.39. The van der Waals surface area contributed by atoms with Crippen molar-refractivity contribution in [1.29, 1.82) is 0 Å². The highest BCUT2D eigenvalue weighted by Crippen LogP contribution is 2.41. The van der Waals surface area contributed by atoms with E-state index in [9.17, 15) is 0 Å². The van der Waals surface area contributed by atoms with Gasteiger partial charge in [-0.25, -0.2) is 4.98 Å². The Balaban J connectivity index is 1.83. The van der Waals surface area contributed by atoms with Crippen LogP contribution in [0.5, 0.6) is 0 Å². The van der Waals surface area contributed by atoms with Crippen molar-refractivity contribution in [2.75, 3.05) is 6.54 Å². The average molecular weight is 384 g/mol. The molecule has 3 aromatic rings. The quantitative estimate of drug-likeness (QED) is 0.692. The fourth-order valence-corrected chi connectivity index (χ4v) is 4.91. The molecule has 26 heavy (non-hydrogen) atoms. The van der Waals surface area contributed by atoms with Crippen molar-refractivity contribution in [1.82, 2.24) is 24.8 Å². The van der Waals surface area contributed by atoms with Crippen LogP contribution in [0, 0.1) is 13.8 Å². The van der Waals surface area contributed by atoms with Crippen LogP contribution in [-0.2, 0) is 0 Å². The molecule has 7 heteroatoms. The molecule has 0 amide bonds. The zero-order valence-corrected chi connectivity index (χ0v) is 16.6. The summed E-state index contributed by atoms with van der Waals surface area (Å²) in [6.45, 7) is 7.28. The van der Waals surface area contributed by atoms with Crippen molar-refractivity contribution >= 4 is 28.7 Å². The van der Waals surface area contributed by atoms with Crippen LogP contribution < -0.4 is 5.32 Å². The molecular weight excluding hydrogens is 362 g/mol. The van der Waals surface area contributed by atoms with Crippen LogP contribution >= 0.6 is 23.6 Å². The van der Waals surface area contributed by atoms with E-state index < -0.39 is 0 Å². The summed E-state index contributed by atoms with van der Waals surface area (Å²) in [5.74, 6) is 0. The third kappa shape index (κ3) is 2.71. The van der Waals surface area contributed by atoms with E-state index in [1.807, 2.05) is 29.9 Å². The van der Waals surface area contributed by atoms with Crippen LogP contribution in [0.25, 0.3) is 5.13 Å². The molecule has 0 radical (unpaired) electrons. The van der Waals surface area contributed by atoms with Gasteiger partial charge in [-0.15, -0.1) is 11.3 Å². The van der Waals surface area contributed by atoms with Crippen molar-refractivity contribution in [2.45, 2.75) is 32.9 Å². The maximum atomic E-state index is 5.63. The lowest BCUT2D eigenvalue weighted by Gasteiger charge is -2.26. The molecule has 1 aliphatic rings. The highest BCUT2D eigenvalue weighted by molar-refractivity contribution is 7.80. The Hall–Kier alpha value is -2.25. The van der Waals surface area contributed by atoms with Gasteiger partial charge in [0.1, 0.15) is 0 Å². The molecule has 1 saturated heterocycles. The zero-order valence-electron chi connectivity index (χ0n) is 15.0. The molecule has 1 aliphatic heterocycles. The first-order valence-electron chi connectivity index (χ1n) is 8.68. The van der Waals surface area contributed by atoms with Crippen LogP contribution in [0.1, 0.15) is 41.7 Å². The third-order valence-corrected chi connectivity index (χ3v) is 6.05. The molecule has 0 bridgehead atoms. The number of nitrogens with zero attached hydrogens (tertiary/aromatic N) is 4. The molecule has 4 rings (SSSR count). The number of likely N-dealkylation sites (N-methyl/N-ethyl adjacent to an activating group) is 1. The van der Waals surface area contributed by atoms with E-state index in [1.54, 1.807) is 11.3 Å². The number of nitrogens with one attached hydrogen (secondary N) is 1. The van der Waals surface area contributed by atoms with E-state index in [1.165, 1.54) is 17.0 Å². The van der Waals surface area contributed by atoms with Crippen LogP contribution in [-0.4, -0.2) is 31.1 Å². The third-order valence-electron chi connectivity index (χ3n) is 4.94. The maximum absolute atomic E-state index is 5.63. The molecular formula is C19H21N5S2. The maximum Gasteiger partial charge on any atom is 0.193 e. The second-order valence-corrected chi connectivity index (χ2v) is 7.65. The lowest BCUT2D eigenvalue weighted by molar-refractivity contribution is 0.329. The largest absolute Gasteiger partial charge is 0.352 e. The number of pyridine rings is 1. The lowest BCUT2D eigenvalue weighted by atomic mass is 9.97. The molecule has 0 aromatic carbocycles. The second kappa shape index (κ2) is 6.81. The first-order chi connectivity index (χ1) is 12.6. The summed E-state index contributed by atoms with van der Waals surface area (Å²) in [5, 5.41) is 7.27. The van der Waals surface area contributed by atoms with Crippen LogP contribution in [0.4, 0.5) is 0 Å². The predicted octanol–water partition coefficient (Wildman–Crippen LogP) is 3.94. The summed E-state index contributed by atoms with van der Waals surface area (Å²) in [4.78, 5) is 11.3. The molecule has 134 valence electrons. The molecule has 2 unspecified atom stereocenters. The number of rotatable bonds is 4.